The first-order valence-electron chi connectivity index (χ1n) is 15.9. The van der Waals surface area contributed by atoms with E-state index in [0.717, 1.165) is 16.9 Å². The van der Waals surface area contributed by atoms with Crippen molar-refractivity contribution >= 4 is 29.1 Å². The number of anilines is 2. The van der Waals surface area contributed by atoms with Gasteiger partial charge in [-0.2, -0.15) is 5.10 Å². The Morgan fingerprint density at radius 3 is 2.32 bits per heavy atom. The Bertz CT molecular complexity index is 1800. The normalized spacial score (nSPS) is 27.0. The summed E-state index contributed by atoms with van der Waals surface area (Å²) in [6, 6.07) is 2.32. The number of rotatable bonds is 5. The molecule has 2 aromatic carbocycles. The summed E-state index contributed by atoms with van der Waals surface area (Å²) >= 11 is 0. The van der Waals surface area contributed by atoms with E-state index in [2.05, 4.69) is 5.10 Å². The van der Waals surface area contributed by atoms with Gasteiger partial charge in [-0.15, -0.1) is 0 Å². The summed E-state index contributed by atoms with van der Waals surface area (Å²) in [5, 5.41) is 3.98. The van der Waals surface area contributed by atoms with E-state index in [1.807, 2.05) is 0 Å². The molecular formula is C25H25N5O4. The molecule has 0 aliphatic carbocycles. The Kier molecular flexibility index (Phi) is 3.01. The van der Waals surface area contributed by atoms with Gasteiger partial charge in [-0.05, 0) is 67.6 Å². The van der Waals surface area contributed by atoms with Crippen LogP contribution in [0.15, 0.2) is 48.4 Å². The van der Waals surface area contributed by atoms with Gasteiger partial charge in [0.2, 0.25) is 5.91 Å². The highest BCUT2D eigenvalue weighted by Crippen LogP contribution is 2.31. The highest BCUT2D eigenvalue weighted by molar-refractivity contribution is 6.09. The van der Waals surface area contributed by atoms with E-state index in [-0.39, 0.29) is 11.4 Å². The Morgan fingerprint density at radius 2 is 1.68 bits per heavy atom. The largest absolute Gasteiger partial charge is 0.497 e. The molecule has 9 nitrogen and oxygen atoms in total. The first kappa shape index (κ1) is 11.8. The fourth-order valence-corrected chi connectivity index (χ4v) is 3.56. The van der Waals surface area contributed by atoms with Gasteiger partial charge in [0.1, 0.15) is 11.4 Å². The molecule has 1 fully saturated rings. The van der Waals surface area contributed by atoms with Gasteiger partial charge >= 0.3 is 0 Å². The number of nitrogens with zero attached hydrogens (tertiary/aromatic N) is 4. The lowest BCUT2D eigenvalue weighted by molar-refractivity contribution is -0.119. The van der Waals surface area contributed by atoms with Crippen molar-refractivity contribution in [2.24, 2.45) is 5.73 Å². The summed E-state index contributed by atoms with van der Waals surface area (Å²) in [7, 11) is 1.14. The number of nitrogens with two attached hydrogens (primary N) is 1. The number of piperidine rings is 1. The van der Waals surface area contributed by atoms with E-state index >= 15 is 0 Å². The number of primary amides is 1. The lowest BCUT2D eigenvalue weighted by Gasteiger charge is -2.29. The summed E-state index contributed by atoms with van der Waals surface area (Å²) in [5.74, 6) is -3.91. The van der Waals surface area contributed by atoms with E-state index in [4.69, 9.17) is 26.9 Å². The average molecular weight is 472 g/mol. The Morgan fingerprint density at radius 1 is 1.00 bits per heavy atom. The fraction of sp³-hybridized carbons (Fsp3) is 0.280. The minimum Gasteiger partial charge on any atom is -0.497 e. The molecule has 0 radical (unpaired) electrons. The molecule has 3 aromatic rings. The van der Waals surface area contributed by atoms with Crippen molar-refractivity contribution in [3.8, 4) is 11.4 Å². The van der Waals surface area contributed by atoms with E-state index in [1.54, 1.807) is 0 Å². The third kappa shape index (κ3) is 3.68. The highest BCUT2D eigenvalue weighted by atomic mass is 16.5. The zero-order valence-electron chi connectivity index (χ0n) is 29.7. The Balaban J connectivity index is 1.62. The first-order chi connectivity index (χ1) is 21.1. The second-order valence-corrected chi connectivity index (χ2v) is 7.13. The second-order valence-electron chi connectivity index (χ2n) is 7.13. The predicted molar refractivity (Wildman–Crippen MR) is 127 cm³/mol. The maximum Gasteiger partial charge on any atom is 0.277 e. The summed E-state index contributed by atoms with van der Waals surface area (Å²) in [6.07, 6.45) is -11.6. The number of fused-ring (bicyclic) bond motifs is 1. The molecule has 3 amide bonds. The van der Waals surface area contributed by atoms with Gasteiger partial charge in [0.05, 0.1) is 18.3 Å². The van der Waals surface area contributed by atoms with Gasteiger partial charge in [-0.25, -0.2) is 4.68 Å². The van der Waals surface area contributed by atoms with Crippen LogP contribution in [0.5, 0.6) is 5.75 Å². The summed E-state index contributed by atoms with van der Waals surface area (Å²) < 4.78 is 104. The molecule has 2 aliphatic rings. The summed E-state index contributed by atoms with van der Waals surface area (Å²) in [6.45, 7) is -1.50. The van der Waals surface area contributed by atoms with Crippen LogP contribution in [0.25, 0.3) is 5.69 Å². The van der Waals surface area contributed by atoms with Crippen molar-refractivity contribution < 1.29 is 35.6 Å². The highest BCUT2D eigenvalue weighted by Gasteiger charge is 2.34. The van der Waals surface area contributed by atoms with Crippen molar-refractivity contribution in [1.29, 1.82) is 0 Å². The lowest BCUT2D eigenvalue weighted by Crippen LogP contribution is -2.39. The van der Waals surface area contributed by atoms with Crippen LogP contribution in [0.1, 0.15) is 62.1 Å². The zero-order chi connectivity index (χ0) is 34.5. The molecule has 1 aromatic heterocycles. The fourth-order valence-electron chi connectivity index (χ4n) is 3.56. The Hall–Kier alpha value is -4.14. The summed E-state index contributed by atoms with van der Waals surface area (Å²) in [5.41, 5.74) is 3.10. The minimum absolute atomic E-state index is 0.0248. The molecule has 0 saturated carbocycles. The van der Waals surface area contributed by atoms with Crippen LogP contribution in [-0.4, -0.2) is 47.7 Å². The molecule has 0 spiro atoms. The van der Waals surface area contributed by atoms with Crippen LogP contribution >= 0.6 is 0 Å². The van der Waals surface area contributed by atoms with Gasteiger partial charge in [0.25, 0.3) is 11.8 Å². The number of benzene rings is 2. The van der Waals surface area contributed by atoms with E-state index in [1.165, 1.54) is 24.3 Å². The molecule has 0 unspecified atom stereocenters. The van der Waals surface area contributed by atoms with E-state index < -0.39 is 109 Å². The van der Waals surface area contributed by atoms with Gasteiger partial charge in [0.15, 0.2) is 5.69 Å². The number of hydrogen-bond donors (Lipinski definition) is 1. The maximum absolute atomic E-state index is 14.0. The monoisotopic (exact) mass is 471 g/mol. The van der Waals surface area contributed by atoms with Crippen LogP contribution in [0, 0.1) is 0 Å². The van der Waals surface area contributed by atoms with Crippen LogP contribution in [0.3, 0.4) is 0 Å². The van der Waals surface area contributed by atoms with Crippen molar-refractivity contribution in [2.75, 3.05) is 30.0 Å². The predicted octanol–water partition coefficient (Wildman–Crippen LogP) is 2.70. The van der Waals surface area contributed by atoms with Crippen LogP contribution in [-0.2, 0) is 11.2 Å². The molecule has 9 heteroatoms. The SMILES string of the molecule is [2H]c1c([2H])c(-n2nc(C(N)=O)c3c2C(=O)N(c2ccc(N4CC([2H])([2H])C([2H])([2H])C([2H])([2H])C4=O)cc2)CC3([2H])[2H])c([2H])c([2H])c1OC. The number of carbonyl (C=O) groups excluding carboxylic acids is 3. The molecule has 3 heterocycles. The molecular weight excluding hydrogens is 434 g/mol. The van der Waals surface area contributed by atoms with Gasteiger partial charge in [0, 0.05) is 47.4 Å². The quantitative estimate of drug-likeness (QED) is 0.615. The van der Waals surface area contributed by atoms with E-state index in [9.17, 15) is 14.4 Å². The van der Waals surface area contributed by atoms with Crippen molar-refractivity contribution in [1.82, 2.24) is 9.78 Å². The molecule has 5 rings (SSSR count). The third-order valence-electron chi connectivity index (χ3n) is 5.20. The van der Waals surface area contributed by atoms with Crippen molar-refractivity contribution in [3.63, 3.8) is 0 Å². The number of methoxy groups -OCH3 is 1. The molecule has 34 heavy (non-hydrogen) atoms. The lowest BCUT2D eigenvalue weighted by atomic mass is 10.0. The van der Waals surface area contributed by atoms with Crippen molar-refractivity contribution in [3.05, 3.63) is 65.4 Å². The maximum atomic E-state index is 14.0. The second kappa shape index (κ2) is 8.66. The number of hydrogen-bond acceptors (Lipinski definition) is 5. The number of aromatic nitrogens is 2. The van der Waals surface area contributed by atoms with Crippen LogP contribution in [0.4, 0.5) is 11.4 Å². The number of carbonyl (C=O) groups is 3. The topological polar surface area (TPSA) is 111 Å². The minimum atomic E-state index is -3.22. The smallest absolute Gasteiger partial charge is 0.277 e. The summed E-state index contributed by atoms with van der Waals surface area (Å²) in [4.78, 5) is 41.0. The van der Waals surface area contributed by atoms with Gasteiger partial charge in [-0.3, -0.25) is 14.4 Å². The van der Waals surface area contributed by atoms with Gasteiger partial charge < -0.3 is 20.3 Å². The standard InChI is InChI=1S/C25H25N5O4/c1-34-19-11-9-18(10-12-19)30-23-20(22(27-30)24(26)32)13-15-29(25(23)33)17-7-5-16(6-8-17)28-14-3-2-4-21(28)31/h5-12H,2-4,13-15H2,1H3,(H2,26,32)/i2D2,3D2,4D2,9D,10D,11D,12D,13D2. The Labute approximate surface area is 213 Å². The molecule has 0 atom stereocenters. The van der Waals surface area contributed by atoms with Crippen molar-refractivity contribution in [2.45, 2.75) is 25.5 Å². The van der Waals surface area contributed by atoms with E-state index in [0.29, 0.717) is 4.68 Å². The first-order valence-corrected chi connectivity index (χ1v) is 9.94. The molecule has 0 bridgehead atoms. The third-order valence-corrected chi connectivity index (χ3v) is 5.20. The van der Waals surface area contributed by atoms with Crippen LogP contribution < -0.4 is 20.3 Å². The number of amides is 3. The number of ether oxygens (including phenoxy) is 1. The zero-order valence-corrected chi connectivity index (χ0v) is 17.7. The molecule has 174 valence electrons. The average Bonchev–Trinajstić information content (AvgIpc) is 3.39. The molecule has 2 aliphatic heterocycles. The molecule has 2 N–H and O–H groups in total. The van der Waals surface area contributed by atoms with Crippen LogP contribution in [0.2, 0.25) is 0 Å². The molecule has 1 saturated heterocycles. The van der Waals surface area contributed by atoms with Gasteiger partial charge in [-0.1, -0.05) is 0 Å².